The van der Waals surface area contributed by atoms with Crippen molar-refractivity contribution in [1.82, 2.24) is 10.2 Å². The Bertz CT molecular complexity index is 1990. The fraction of sp³-hybridized carbons (Fsp3) is 0.0500. The van der Waals surface area contributed by atoms with E-state index >= 15 is 0 Å². The summed E-state index contributed by atoms with van der Waals surface area (Å²) in [5.41, 5.74) is 7.85. The van der Waals surface area contributed by atoms with Crippen LogP contribution in [0.25, 0.3) is 22.9 Å². The Kier molecular flexibility index (Phi) is 8.34. The van der Waals surface area contributed by atoms with Gasteiger partial charge in [0.05, 0.1) is 14.2 Å². The Morgan fingerprint density at radius 1 is 0.404 bits per heavy atom. The van der Waals surface area contributed by atoms with E-state index in [1.165, 1.54) is 0 Å². The van der Waals surface area contributed by atoms with E-state index in [4.69, 9.17) is 13.9 Å². The molecule has 230 valence electrons. The predicted octanol–water partition coefficient (Wildman–Crippen LogP) is 10.4. The van der Waals surface area contributed by atoms with Crippen molar-refractivity contribution in [1.29, 1.82) is 0 Å². The molecular formula is C40H32N4O3. The Labute approximate surface area is 273 Å². The Hall–Kier alpha value is -6.34. The van der Waals surface area contributed by atoms with Crippen molar-refractivity contribution < 1.29 is 13.9 Å². The summed E-state index contributed by atoms with van der Waals surface area (Å²) in [6, 6.07) is 53.4. The van der Waals surface area contributed by atoms with Crippen molar-refractivity contribution in [2.45, 2.75) is 0 Å². The van der Waals surface area contributed by atoms with Crippen molar-refractivity contribution in [3.63, 3.8) is 0 Å². The van der Waals surface area contributed by atoms with Crippen molar-refractivity contribution in [2.75, 3.05) is 24.0 Å². The fourth-order valence-corrected chi connectivity index (χ4v) is 5.52. The van der Waals surface area contributed by atoms with Crippen molar-refractivity contribution in [3.8, 4) is 34.4 Å². The number of aromatic nitrogens is 2. The second-order valence-electron chi connectivity index (χ2n) is 10.8. The predicted molar refractivity (Wildman–Crippen MR) is 188 cm³/mol. The molecule has 7 nitrogen and oxygen atoms in total. The molecule has 1 heterocycles. The summed E-state index contributed by atoms with van der Waals surface area (Å²) < 4.78 is 16.9. The van der Waals surface area contributed by atoms with Crippen LogP contribution in [0.4, 0.5) is 34.1 Å². The van der Waals surface area contributed by atoms with Gasteiger partial charge in [0.2, 0.25) is 11.8 Å². The summed E-state index contributed by atoms with van der Waals surface area (Å²) in [6.07, 6.45) is 0. The third-order valence-electron chi connectivity index (χ3n) is 7.81. The summed E-state index contributed by atoms with van der Waals surface area (Å²) in [7, 11) is 3.22. The summed E-state index contributed by atoms with van der Waals surface area (Å²) in [5, 5.41) is 8.61. The van der Waals surface area contributed by atoms with Gasteiger partial charge in [-0.15, -0.1) is 10.2 Å². The van der Waals surface area contributed by atoms with Gasteiger partial charge in [0.1, 0.15) is 11.5 Å². The lowest BCUT2D eigenvalue weighted by atomic mass is 10.1. The molecule has 0 bridgehead atoms. The lowest BCUT2D eigenvalue weighted by molar-refractivity contribution is 0.394. The fourth-order valence-electron chi connectivity index (χ4n) is 5.52. The van der Waals surface area contributed by atoms with Crippen LogP contribution in [0, 0.1) is 0 Å². The molecular weight excluding hydrogens is 584 g/mol. The summed E-state index contributed by atoms with van der Waals surface area (Å²) >= 11 is 0. The molecule has 0 spiro atoms. The molecule has 7 heteroatoms. The second kappa shape index (κ2) is 13.3. The van der Waals surface area contributed by atoms with Gasteiger partial charge in [-0.05, 0) is 97.1 Å². The first-order chi connectivity index (χ1) is 23.2. The largest absolute Gasteiger partial charge is 0.497 e. The van der Waals surface area contributed by atoms with Gasteiger partial charge in [-0.2, -0.15) is 0 Å². The zero-order valence-corrected chi connectivity index (χ0v) is 26.0. The molecule has 1 aromatic heterocycles. The number of nitrogens with zero attached hydrogens (tertiary/aromatic N) is 4. The third kappa shape index (κ3) is 6.28. The van der Waals surface area contributed by atoms with E-state index in [2.05, 4.69) is 117 Å². The third-order valence-corrected chi connectivity index (χ3v) is 7.81. The average molecular weight is 617 g/mol. The lowest BCUT2D eigenvalue weighted by Gasteiger charge is -2.28. The quantitative estimate of drug-likeness (QED) is 0.151. The number of hydrogen-bond acceptors (Lipinski definition) is 7. The minimum atomic E-state index is 0.382. The molecule has 0 amide bonds. The first-order valence-electron chi connectivity index (χ1n) is 15.2. The number of benzene rings is 6. The highest BCUT2D eigenvalue weighted by Crippen LogP contribution is 2.39. The SMILES string of the molecule is COc1cc(OC)cc(-c2nnc(-c3ccc(N(c4ccccc4)c4ccc(N(c5ccccc5)c5ccccc5)cc4)cc3)o2)c1. The molecule has 0 saturated carbocycles. The molecule has 7 rings (SSSR count). The summed E-state index contributed by atoms with van der Waals surface area (Å²) in [4.78, 5) is 4.48. The van der Waals surface area contributed by atoms with Gasteiger partial charge < -0.3 is 23.7 Å². The molecule has 0 aliphatic heterocycles. The van der Waals surface area contributed by atoms with Crippen molar-refractivity contribution >= 4 is 34.1 Å². The smallest absolute Gasteiger partial charge is 0.248 e. The Balaban J connectivity index is 1.20. The highest BCUT2D eigenvalue weighted by molar-refractivity contribution is 5.81. The van der Waals surface area contributed by atoms with E-state index < -0.39 is 0 Å². The molecule has 0 atom stereocenters. The van der Waals surface area contributed by atoms with Crippen LogP contribution in [0.2, 0.25) is 0 Å². The normalized spacial score (nSPS) is 10.8. The van der Waals surface area contributed by atoms with Crippen molar-refractivity contribution in [3.05, 3.63) is 158 Å². The maximum absolute atomic E-state index is 6.08. The first-order valence-corrected chi connectivity index (χ1v) is 15.2. The Morgan fingerprint density at radius 3 is 1.13 bits per heavy atom. The number of methoxy groups -OCH3 is 2. The molecule has 0 aliphatic rings. The number of ether oxygens (including phenoxy) is 2. The van der Waals surface area contributed by atoms with E-state index in [9.17, 15) is 0 Å². The topological polar surface area (TPSA) is 63.9 Å². The summed E-state index contributed by atoms with van der Waals surface area (Å²) in [6.45, 7) is 0. The van der Waals surface area contributed by atoms with E-state index in [0.29, 0.717) is 28.8 Å². The van der Waals surface area contributed by atoms with Crippen molar-refractivity contribution in [2.24, 2.45) is 0 Å². The standard InChI is InChI=1S/C40H32N4O3/c1-45-37-26-30(27-38(28-37)46-2)40-42-41-39(47-40)29-18-20-34(21-19-29)44(33-16-10-5-11-17-33)36-24-22-35(23-25-36)43(31-12-6-3-7-13-31)32-14-8-4-9-15-32/h3-28H,1-2H3. The minimum absolute atomic E-state index is 0.382. The maximum Gasteiger partial charge on any atom is 0.248 e. The molecule has 47 heavy (non-hydrogen) atoms. The maximum atomic E-state index is 6.08. The monoisotopic (exact) mass is 616 g/mol. The number of anilines is 6. The van der Waals surface area contributed by atoms with E-state index in [-0.39, 0.29) is 0 Å². The van der Waals surface area contributed by atoms with Gasteiger partial charge in [-0.1, -0.05) is 54.6 Å². The lowest BCUT2D eigenvalue weighted by Crippen LogP contribution is -2.12. The Morgan fingerprint density at radius 2 is 0.745 bits per heavy atom. The highest BCUT2D eigenvalue weighted by Gasteiger charge is 2.17. The number of para-hydroxylation sites is 3. The molecule has 0 saturated heterocycles. The number of rotatable bonds is 10. The minimum Gasteiger partial charge on any atom is -0.497 e. The van der Waals surface area contributed by atoms with Crippen LogP contribution in [0.5, 0.6) is 11.5 Å². The second-order valence-corrected chi connectivity index (χ2v) is 10.8. The molecule has 0 fully saturated rings. The zero-order valence-electron chi connectivity index (χ0n) is 26.0. The van der Waals surface area contributed by atoms with Gasteiger partial charge in [-0.3, -0.25) is 0 Å². The highest BCUT2D eigenvalue weighted by atomic mass is 16.5. The van der Waals surface area contributed by atoms with E-state index in [0.717, 1.165) is 39.7 Å². The molecule has 0 unspecified atom stereocenters. The molecule has 0 N–H and O–H groups in total. The molecule has 0 radical (unpaired) electrons. The van der Waals surface area contributed by atoms with Crippen LogP contribution >= 0.6 is 0 Å². The van der Waals surface area contributed by atoms with Crippen LogP contribution in [-0.2, 0) is 0 Å². The molecule has 6 aromatic carbocycles. The van der Waals surface area contributed by atoms with Gasteiger partial charge in [0.25, 0.3) is 0 Å². The van der Waals surface area contributed by atoms with Crippen LogP contribution in [0.15, 0.2) is 162 Å². The molecule has 7 aromatic rings. The molecule has 0 aliphatic carbocycles. The summed E-state index contributed by atoms with van der Waals surface area (Å²) in [5.74, 6) is 2.09. The van der Waals surface area contributed by atoms with Gasteiger partial charge in [0, 0.05) is 51.3 Å². The van der Waals surface area contributed by atoms with E-state index in [1.54, 1.807) is 20.3 Å². The van der Waals surface area contributed by atoms with Crippen LogP contribution in [-0.4, -0.2) is 24.4 Å². The van der Waals surface area contributed by atoms with Crippen LogP contribution in [0.1, 0.15) is 0 Å². The first kappa shape index (κ1) is 29.4. The van der Waals surface area contributed by atoms with Gasteiger partial charge in [-0.25, -0.2) is 0 Å². The average Bonchev–Trinajstić information content (AvgIpc) is 3.65. The van der Waals surface area contributed by atoms with Gasteiger partial charge in [0.15, 0.2) is 0 Å². The van der Waals surface area contributed by atoms with Gasteiger partial charge >= 0.3 is 0 Å². The van der Waals surface area contributed by atoms with E-state index in [1.807, 2.05) is 54.6 Å². The van der Waals surface area contributed by atoms with Crippen LogP contribution in [0.3, 0.4) is 0 Å². The van der Waals surface area contributed by atoms with Crippen LogP contribution < -0.4 is 19.3 Å². The number of hydrogen-bond donors (Lipinski definition) is 0. The zero-order chi connectivity index (χ0) is 32.0.